The maximum atomic E-state index is 11.0. The lowest BCUT2D eigenvalue weighted by molar-refractivity contribution is 0.0690. The number of aromatic amines is 1. The molecule has 3 rings (SSSR count). The minimum Gasteiger partial charge on any atom is -0.477 e. The molecular formula is C15H12N2O2. The first-order valence-electron chi connectivity index (χ1n) is 5.94. The number of nitrogens with zero attached hydrogens (tertiary/aromatic N) is 1. The van der Waals surface area contributed by atoms with E-state index in [4.69, 9.17) is 5.11 Å². The van der Waals surface area contributed by atoms with Crippen LogP contribution in [0.15, 0.2) is 42.6 Å². The summed E-state index contributed by atoms with van der Waals surface area (Å²) in [5, 5.41) is 10.0. The highest BCUT2D eigenvalue weighted by Gasteiger charge is 2.11. The number of pyridine rings is 1. The molecule has 0 spiro atoms. The first kappa shape index (κ1) is 11.5. The molecule has 2 N–H and O–H groups in total. The molecule has 0 aliphatic heterocycles. The summed E-state index contributed by atoms with van der Waals surface area (Å²) in [6.45, 7) is 2.03. The molecule has 0 unspecified atom stereocenters. The lowest BCUT2D eigenvalue weighted by atomic mass is 10.1. The fourth-order valence-corrected chi connectivity index (χ4v) is 2.22. The van der Waals surface area contributed by atoms with Gasteiger partial charge in [-0.15, -0.1) is 0 Å². The first-order valence-corrected chi connectivity index (χ1v) is 5.94. The number of aromatic carboxylic acids is 1. The maximum absolute atomic E-state index is 11.0. The number of aromatic nitrogens is 2. The minimum atomic E-state index is -1.02. The fraction of sp³-hybridized carbons (Fsp3) is 0.0667. The molecule has 0 saturated heterocycles. The van der Waals surface area contributed by atoms with Crippen molar-refractivity contribution < 1.29 is 9.90 Å². The molecule has 0 bridgehead atoms. The highest BCUT2D eigenvalue weighted by molar-refractivity contribution is 5.96. The number of nitrogens with one attached hydrogen (secondary N) is 1. The van der Waals surface area contributed by atoms with Crippen LogP contribution in [0.3, 0.4) is 0 Å². The van der Waals surface area contributed by atoms with Crippen molar-refractivity contribution in [2.75, 3.05) is 0 Å². The Kier molecular flexibility index (Phi) is 2.56. The third-order valence-corrected chi connectivity index (χ3v) is 3.17. The van der Waals surface area contributed by atoms with E-state index in [1.165, 1.54) is 6.07 Å². The molecule has 0 fully saturated rings. The fourth-order valence-electron chi connectivity index (χ4n) is 2.22. The van der Waals surface area contributed by atoms with Gasteiger partial charge in [0.05, 0.1) is 5.69 Å². The lowest BCUT2D eigenvalue weighted by Crippen LogP contribution is -2.00. The number of rotatable bonds is 2. The maximum Gasteiger partial charge on any atom is 0.354 e. The normalized spacial score (nSPS) is 10.8. The minimum absolute atomic E-state index is 0.0551. The Morgan fingerprint density at radius 2 is 2.00 bits per heavy atom. The number of benzene rings is 1. The van der Waals surface area contributed by atoms with Crippen molar-refractivity contribution in [3.05, 3.63) is 53.9 Å². The average Bonchev–Trinajstić information content (AvgIpc) is 2.84. The zero-order chi connectivity index (χ0) is 13.4. The predicted molar refractivity (Wildman–Crippen MR) is 73.2 cm³/mol. The van der Waals surface area contributed by atoms with Gasteiger partial charge in [-0.2, -0.15) is 0 Å². The van der Waals surface area contributed by atoms with Crippen LogP contribution in [0.4, 0.5) is 0 Å². The van der Waals surface area contributed by atoms with Gasteiger partial charge in [-0.05, 0) is 24.6 Å². The summed E-state index contributed by atoms with van der Waals surface area (Å²) in [7, 11) is 0. The standard InChI is InChI=1S/C15H12N2O2/c1-9-4-2-5-10-11(8-16-14(9)10)12-6-3-7-13(17-12)15(18)19/h2-8,16H,1H3,(H,18,19). The van der Waals surface area contributed by atoms with E-state index in [9.17, 15) is 4.79 Å². The molecule has 0 atom stereocenters. The SMILES string of the molecule is Cc1cccc2c(-c3cccc(C(=O)O)n3)c[nH]c12. The summed E-state index contributed by atoms with van der Waals surface area (Å²) in [5.41, 5.74) is 3.84. The number of carbonyl (C=O) groups is 1. The van der Waals surface area contributed by atoms with Gasteiger partial charge in [0.25, 0.3) is 0 Å². The van der Waals surface area contributed by atoms with Gasteiger partial charge in [0.1, 0.15) is 5.69 Å². The van der Waals surface area contributed by atoms with Crippen LogP contribution in [0, 0.1) is 6.92 Å². The van der Waals surface area contributed by atoms with Crippen LogP contribution in [0.5, 0.6) is 0 Å². The second kappa shape index (κ2) is 4.24. The Labute approximate surface area is 109 Å². The van der Waals surface area contributed by atoms with Crippen molar-refractivity contribution >= 4 is 16.9 Å². The smallest absolute Gasteiger partial charge is 0.354 e. The van der Waals surface area contributed by atoms with E-state index < -0.39 is 5.97 Å². The summed E-state index contributed by atoms with van der Waals surface area (Å²) >= 11 is 0. The number of hydrogen-bond donors (Lipinski definition) is 2. The molecule has 19 heavy (non-hydrogen) atoms. The summed E-state index contributed by atoms with van der Waals surface area (Å²) in [4.78, 5) is 18.4. The van der Waals surface area contributed by atoms with Crippen LogP contribution in [0.25, 0.3) is 22.2 Å². The van der Waals surface area contributed by atoms with Gasteiger partial charge in [0.2, 0.25) is 0 Å². The van der Waals surface area contributed by atoms with Gasteiger partial charge in [-0.3, -0.25) is 0 Å². The molecule has 3 aromatic rings. The van der Waals surface area contributed by atoms with Crippen molar-refractivity contribution in [1.29, 1.82) is 0 Å². The van der Waals surface area contributed by atoms with E-state index in [1.807, 2.05) is 37.4 Å². The van der Waals surface area contributed by atoms with Crippen LogP contribution in [0.2, 0.25) is 0 Å². The Hall–Kier alpha value is -2.62. The van der Waals surface area contributed by atoms with E-state index in [2.05, 4.69) is 9.97 Å². The Morgan fingerprint density at radius 3 is 2.79 bits per heavy atom. The van der Waals surface area contributed by atoms with E-state index in [0.29, 0.717) is 5.69 Å². The van der Waals surface area contributed by atoms with Crippen LogP contribution in [-0.2, 0) is 0 Å². The number of carboxylic acids is 1. The Morgan fingerprint density at radius 1 is 1.21 bits per heavy atom. The zero-order valence-electron chi connectivity index (χ0n) is 10.3. The molecular weight excluding hydrogens is 240 g/mol. The van der Waals surface area contributed by atoms with Crippen molar-refractivity contribution in [2.24, 2.45) is 0 Å². The van der Waals surface area contributed by atoms with Gasteiger partial charge < -0.3 is 10.1 Å². The second-order valence-electron chi connectivity index (χ2n) is 4.41. The molecule has 0 saturated carbocycles. The van der Waals surface area contributed by atoms with Gasteiger partial charge in [0.15, 0.2) is 0 Å². The third kappa shape index (κ3) is 1.87. The molecule has 2 heterocycles. The Balaban J connectivity index is 2.22. The van der Waals surface area contributed by atoms with Gasteiger partial charge in [-0.25, -0.2) is 9.78 Å². The van der Waals surface area contributed by atoms with E-state index in [0.717, 1.165) is 22.0 Å². The summed E-state index contributed by atoms with van der Waals surface area (Å²) in [6.07, 6.45) is 1.87. The van der Waals surface area contributed by atoms with E-state index >= 15 is 0 Å². The number of H-pyrrole nitrogens is 1. The van der Waals surface area contributed by atoms with Gasteiger partial charge in [-0.1, -0.05) is 24.3 Å². The molecule has 94 valence electrons. The topological polar surface area (TPSA) is 66.0 Å². The molecule has 0 aliphatic carbocycles. The molecule has 0 amide bonds. The van der Waals surface area contributed by atoms with Crippen molar-refractivity contribution in [3.8, 4) is 11.3 Å². The summed E-state index contributed by atoms with van der Waals surface area (Å²) < 4.78 is 0. The molecule has 4 heteroatoms. The molecule has 4 nitrogen and oxygen atoms in total. The lowest BCUT2D eigenvalue weighted by Gasteiger charge is -2.01. The summed E-state index contributed by atoms with van der Waals surface area (Å²) in [6, 6.07) is 11.0. The largest absolute Gasteiger partial charge is 0.477 e. The first-order chi connectivity index (χ1) is 9.16. The van der Waals surface area contributed by atoms with E-state index in [-0.39, 0.29) is 5.69 Å². The van der Waals surface area contributed by atoms with Crippen molar-refractivity contribution in [3.63, 3.8) is 0 Å². The molecule has 0 aliphatic rings. The average molecular weight is 252 g/mol. The number of fused-ring (bicyclic) bond motifs is 1. The highest BCUT2D eigenvalue weighted by Crippen LogP contribution is 2.28. The predicted octanol–water partition coefficient (Wildman–Crippen LogP) is 3.24. The number of carboxylic acid groups (broad SMARTS) is 1. The monoisotopic (exact) mass is 252 g/mol. The van der Waals surface area contributed by atoms with Gasteiger partial charge in [0, 0.05) is 22.7 Å². The van der Waals surface area contributed by atoms with E-state index in [1.54, 1.807) is 6.07 Å². The molecule has 0 radical (unpaired) electrons. The zero-order valence-corrected chi connectivity index (χ0v) is 10.3. The third-order valence-electron chi connectivity index (χ3n) is 3.17. The van der Waals surface area contributed by atoms with Gasteiger partial charge >= 0.3 is 5.97 Å². The van der Waals surface area contributed by atoms with Crippen molar-refractivity contribution in [2.45, 2.75) is 6.92 Å². The van der Waals surface area contributed by atoms with Crippen LogP contribution >= 0.6 is 0 Å². The summed E-state index contributed by atoms with van der Waals surface area (Å²) in [5.74, 6) is -1.02. The molecule has 1 aromatic carbocycles. The highest BCUT2D eigenvalue weighted by atomic mass is 16.4. The Bertz CT molecular complexity index is 775. The number of hydrogen-bond acceptors (Lipinski definition) is 2. The number of aryl methyl sites for hydroxylation is 1. The van der Waals surface area contributed by atoms with Crippen LogP contribution in [0.1, 0.15) is 16.1 Å². The van der Waals surface area contributed by atoms with Crippen LogP contribution < -0.4 is 0 Å². The molecule has 2 aromatic heterocycles. The van der Waals surface area contributed by atoms with Crippen molar-refractivity contribution in [1.82, 2.24) is 9.97 Å². The van der Waals surface area contributed by atoms with Crippen LogP contribution in [-0.4, -0.2) is 21.0 Å². The quantitative estimate of drug-likeness (QED) is 0.735. The number of para-hydroxylation sites is 1. The second-order valence-corrected chi connectivity index (χ2v) is 4.41.